The molecule has 1 aromatic heterocycles. The number of hydrogen-bond acceptors (Lipinski definition) is 6. The molecule has 0 saturated heterocycles. The number of hydrogen-bond donors (Lipinski definition) is 3. The van der Waals surface area contributed by atoms with Crippen LogP contribution in [0.4, 0.5) is 0 Å². The largest absolute Gasteiger partial charge is 0.369 e. The molecule has 0 spiro atoms. The molecule has 4 N–H and O–H groups in total. The van der Waals surface area contributed by atoms with Crippen molar-refractivity contribution in [1.29, 1.82) is 0 Å². The number of allylic oxidation sites excluding steroid dienone is 1. The van der Waals surface area contributed by atoms with E-state index in [0.717, 1.165) is 54.0 Å². The average Bonchev–Trinajstić information content (AvgIpc) is 3.63. The molecular formula is C29H46N4O2S. The molecule has 1 aromatic rings. The van der Waals surface area contributed by atoms with Crippen molar-refractivity contribution in [2.75, 3.05) is 7.05 Å². The molecule has 1 amide bonds. The Hall–Kier alpha value is -1.96. The van der Waals surface area contributed by atoms with E-state index in [1.807, 2.05) is 26.0 Å². The number of nitrogens with two attached hydrogens (primary N) is 1. The van der Waals surface area contributed by atoms with Crippen LogP contribution in [0, 0.1) is 30.1 Å². The lowest BCUT2D eigenvalue weighted by molar-refractivity contribution is -0.132. The normalized spacial score (nSPS) is 29.4. The van der Waals surface area contributed by atoms with E-state index < -0.39 is 0 Å². The molecule has 6 nitrogen and oxygen atoms in total. The summed E-state index contributed by atoms with van der Waals surface area (Å²) in [5.41, 5.74) is 7.01. The molecule has 3 fully saturated rings. The standard InChI is InChI=1S/C14H26N2O.C12H14N2OS.C3H6/c1-4-10-5-9-6-11(12(10)16-3)8-14(2,7-9)13(15)17;1-9-4-3-7-13-11(9)10(2)16-14-12(8-15)5-6-12;1-3-2/h9-12,16H,4-8H2,1-3H3,(H2,15,17);3-4,7-8,14H,2,5-6H2,1H3;3H,1H2,2H3. The Morgan fingerprint density at radius 1 is 1.33 bits per heavy atom. The lowest BCUT2D eigenvalue weighted by Gasteiger charge is -2.50. The molecule has 5 unspecified atom stereocenters. The van der Waals surface area contributed by atoms with Crippen molar-refractivity contribution in [3.63, 3.8) is 0 Å². The van der Waals surface area contributed by atoms with Gasteiger partial charge in [-0.05, 0) is 101 Å². The van der Waals surface area contributed by atoms with Crippen molar-refractivity contribution in [3.05, 3.63) is 48.8 Å². The number of fused-ring (bicyclic) bond motifs is 2. The van der Waals surface area contributed by atoms with E-state index in [9.17, 15) is 9.59 Å². The Bertz CT molecular complexity index is 916. The quantitative estimate of drug-likeness (QED) is 0.243. The molecule has 1 heterocycles. The van der Waals surface area contributed by atoms with Crippen LogP contribution >= 0.6 is 11.9 Å². The minimum Gasteiger partial charge on any atom is -0.369 e. The second kappa shape index (κ2) is 13.5. The van der Waals surface area contributed by atoms with Crippen LogP contribution in [0.3, 0.4) is 0 Å². The summed E-state index contributed by atoms with van der Waals surface area (Å²) < 4.78 is 3.15. The van der Waals surface area contributed by atoms with Gasteiger partial charge in [-0.25, -0.2) is 4.72 Å². The maximum atomic E-state index is 11.7. The summed E-state index contributed by atoms with van der Waals surface area (Å²) in [6, 6.07) is 4.48. The Morgan fingerprint density at radius 2 is 2.00 bits per heavy atom. The third-order valence-electron chi connectivity index (χ3n) is 7.86. The number of primary amides is 1. The van der Waals surface area contributed by atoms with Crippen LogP contribution in [-0.4, -0.2) is 35.8 Å². The highest BCUT2D eigenvalue weighted by Gasteiger charge is 2.48. The van der Waals surface area contributed by atoms with E-state index in [0.29, 0.717) is 17.9 Å². The first-order chi connectivity index (χ1) is 17.1. The zero-order valence-corrected chi connectivity index (χ0v) is 23.6. The lowest BCUT2D eigenvalue weighted by atomic mass is 9.57. The van der Waals surface area contributed by atoms with Crippen LogP contribution in [-0.2, 0) is 9.59 Å². The molecule has 2 bridgehead atoms. The van der Waals surface area contributed by atoms with Crippen LogP contribution in [0.2, 0.25) is 0 Å². The van der Waals surface area contributed by atoms with Gasteiger partial charge < -0.3 is 15.8 Å². The predicted molar refractivity (Wildman–Crippen MR) is 152 cm³/mol. The molecule has 0 radical (unpaired) electrons. The van der Waals surface area contributed by atoms with Gasteiger partial charge in [0.2, 0.25) is 5.91 Å². The van der Waals surface area contributed by atoms with Crippen LogP contribution in [0.5, 0.6) is 0 Å². The van der Waals surface area contributed by atoms with Gasteiger partial charge in [-0.3, -0.25) is 9.78 Å². The summed E-state index contributed by atoms with van der Waals surface area (Å²) in [6.45, 7) is 15.6. The van der Waals surface area contributed by atoms with Crippen molar-refractivity contribution in [3.8, 4) is 0 Å². The second-order valence-corrected chi connectivity index (χ2v) is 11.8. The fourth-order valence-corrected chi connectivity index (χ4v) is 6.66. The fraction of sp³-hybridized carbons (Fsp3) is 0.621. The smallest absolute Gasteiger partial charge is 0.223 e. The lowest BCUT2D eigenvalue weighted by Crippen LogP contribution is -2.53. The number of carbonyl (C=O) groups excluding carboxylic acids is 2. The van der Waals surface area contributed by atoms with Crippen molar-refractivity contribution < 1.29 is 9.59 Å². The first-order valence-corrected chi connectivity index (χ1v) is 14.0. The first-order valence-electron chi connectivity index (χ1n) is 13.1. The van der Waals surface area contributed by atoms with E-state index in [4.69, 9.17) is 5.73 Å². The third-order valence-corrected chi connectivity index (χ3v) is 8.81. The summed E-state index contributed by atoms with van der Waals surface area (Å²) >= 11 is 1.40. The number of aromatic nitrogens is 1. The Kier molecular flexibility index (Phi) is 11.4. The third kappa shape index (κ3) is 7.77. The van der Waals surface area contributed by atoms with E-state index >= 15 is 0 Å². The van der Waals surface area contributed by atoms with Crippen molar-refractivity contribution in [2.24, 2.45) is 28.9 Å². The SMILES string of the molecule is C=C(SNC1(C=O)CC1)c1ncccc1C.C=CC.CCC1CC2CC(CC(C)(C(N)=O)C2)C1NC. The minimum absolute atomic E-state index is 0.1000. The Balaban J connectivity index is 0.000000229. The molecule has 0 aliphatic heterocycles. The highest BCUT2D eigenvalue weighted by Crippen LogP contribution is 2.50. The average molecular weight is 515 g/mol. The molecule has 0 aromatic carbocycles. The number of aryl methyl sites for hydroxylation is 1. The zero-order valence-electron chi connectivity index (χ0n) is 22.8. The van der Waals surface area contributed by atoms with Gasteiger partial charge in [-0.1, -0.05) is 39.0 Å². The molecule has 7 heteroatoms. The van der Waals surface area contributed by atoms with E-state index in [1.54, 1.807) is 12.3 Å². The number of aldehydes is 1. The monoisotopic (exact) mass is 514 g/mol. The van der Waals surface area contributed by atoms with E-state index in [-0.39, 0.29) is 16.9 Å². The summed E-state index contributed by atoms with van der Waals surface area (Å²) in [7, 11) is 2.06. The number of nitrogens with one attached hydrogen (secondary N) is 2. The summed E-state index contributed by atoms with van der Waals surface area (Å²) in [4.78, 5) is 27.6. The maximum Gasteiger partial charge on any atom is 0.223 e. The molecular weight excluding hydrogens is 468 g/mol. The maximum absolute atomic E-state index is 11.7. The fourth-order valence-electron chi connectivity index (χ4n) is 5.77. The Morgan fingerprint density at radius 3 is 2.50 bits per heavy atom. The van der Waals surface area contributed by atoms with Gasteiger partial charge in [-0.15, -0.1) is 6.58 Å². The number of nitrogens with zero attached hydrogens (tertiary/aromatic N) is 1. The molecule has 5 atom stereocenters. The van der Waals surface area contributed by atoms with Gasteiger partial charge in [0, 0.05) is 22.6 Å². The molecule has 36 heavy (non-hydrogen) atoms. The zero-order chi connectivity index (χ0) is 26.9. The topological polar surface area (TPSA) is 97.1 Å². The van der Waals surface area contributed by atoms with E-state index in [1.165, 1.54) is 31.2 Å². The van der Waals surface area contributed by atoms with Crippen LogP contribution in [0.1, 0.15) is 77.0 Å². The van der Waals surface area contributed by atoms with Crippen molar-refractivity contribution in [2.45, 2.75) is 84.2 Å². The number of carbonyl (C=O) groups is 2. The summed E-state index contributed by atoms with van der Waals surface area (Å²) in [6.07, 6.45) is 12.1. The van der Waals surface area contributed by atoms with E-state index in [2.05, 4.69) is 49.1 Å². The van der Waals surface area contributed by atoms with Gasteiger partial charge in [-0.2, -0.15) is 0 Å². The molecule has 3 saturated carbocycles. The molecule has 3 aliphatic rings. The highest BCUT2D eigenvalue weighted by atomic mass is 32.2. The van der Waals surface area contributed by atoms with Crippen LogP contribution < -0.4 is 15.8 Å². The van der Waals surface area contributed by atoms with Gasteiger partial charge in [0.15, 0.2) is 0 Å². The summed E-state index contributed by atoms with van der Waals surface area (Å²) in [5.74, 6) is 2.02. The van der Waals surface area contributed by atoms with Gasteiger partial charge in [0.1, 0.15) is 6.29 Å². The van der Waals surface area contributed by atoms with Crippen molar-refractivity contribution in [1.82, 2.24) is 15.0 Å². The first kappa shape index (κ1) is 30.3. The van der Waals surface area contributed by atoms with Gasteiger partial charge >= 0.3 is 0 Å². The van der Waals surface area contributed by atoms with Crippen LogP contribution in [0.15, 0.2) is 37.6 Å². The number of rotatable bonds is 8. The highest BCUT2D eigenvalue weighted by molar-refractivity contribution is 8.06. The second-order valence-electron chi connectivity index (χ2n) is 10.9. The van der Waals surface area contributed by atoms with Crippen LogP contribution in [0.25, 0.3) is 4.91 Å². The number of pyridine rings is 1. The van der Waals surface area contributed by atoms with Gasteiger partial charge in [0.05, 0.1) is 11.2 Å². The van der Waals surface area contributed by atoms with Gasteiger partial charge in [0.25, 0.3) is 0 Å². The van der Waals surface area contributed by atoms with Crippen molar-refractivity contribution >= 4 is 29.0 Å². The molecule has 4 rings (SSSR count). The molecule has 200 valence electrons. The Labute approximate surface area is 222 Å². The molecule has 3 aliphatic carbocycles. The number of amides is 1. The summed E-state index contributed by atoms with van der Waals surface area (Å²) in [5, 5.41) is 3.48. The minimum atomic E-state index is -0.309. The predicted octanol–water partition coefficient (Wildman–Crippen LogP) is 5.43.